The fraction of sp³-hybridized carbons (Fsp3) is 0.120. The summed E-state index contributed by atoms with van der Waals surface area (Å²) in [6.45, 7) is 3.85. The Morgan fingerprint density at radius 3 is 2.56 bits per heavy atom. The highest BCUT2D eigenvalue weighted by Crippen LogP contribution is 2.33. The molecule has 172 valence electrons. The first-order valence-corrected chi connectivity index (χ1v) is 10.9. The molecule has 8 nitrogen and oxygen atoms in total. The Morgan fingerprint density at radius 2 is 1.88 bits per heavy atom. The molecule has 1 amide bonds. The van der Waals surface area contributed by atoms with Gasteiger partial charge in [-0.2, -0.15) is 0 Å². The molecular weight excluding hydrogens is 452 g/mol. The Kier molecular flexibility index (Phi) is 6.55. The molecule has 9 heteroatoms. The van der Waals surface area contributed by atoms with Crippen LogP contribution in [0.2, 0.25) is 0 Å². The van der Waals surface area contributed by atoms with Crippen LogP contribution in [0.15, 0.2) is 70.5 Å². The number of H-pyrrole nitrogens is 1. The lowest BCUT2D eigenvalue weighted by Crippen LogP contribution is -2.18. The van der Waals surface area contributed by atoms with Crippen LogP contribution in [0.5, 0.6) is 11.6 Å². The van der Waals surface area contributed by atoms with Gasteiger partial charge in [0.2, 0.25) is 11.8 Å². The van der Waals surface area contributed by atoms with Crippen molar-refractivity contribution < 1.29 is 14.6 Å². The number of aromatic nitrogens is 2. The number of aromatic hydroxyl groups is 1. The zero-order valence-corrected chi connectivity index (χ0v) is 19.3. The van der Waals surface area contributed by atoms with E-state index in [1.807, 2.05) is 31.2 Å². The zero-order chi connectivity index (χ0) is 24.2. The van der Waals surface area contributed by atoms with Crippen LogP contribution in [-0.2, 0) is 4.79 Å². The lowest BCUT2D eigenvalue weighted by molar-refractivity contribution is -0.114. The van der Waals surface area contributed by atoms with Crippen LogP contribution in [0.25, 0.3) is 16.5 Å². The molecule has 34 heavy (non-hydrogen) atoms. The largest absolute Gasteiger partial charge is 0.494 e. The van der Waals surface area contributed by atoms with Gasteiger partial charge in [-0.25, -0.2) is 0 Å². The number of benzene rings is 3. The third-order valence-electron chi connectivity index (χ3n) is 5.05. The van der Waals surface area contributed by atoms with Gasteiger partial charge in [0.15, 0.2) is 4.77 Å². The zero-order valence-electron chi connectivity index (χ0n) is 18.5. The second-order valence-corrected chi connectivity index (χ2v) is 7.77. The number of aliphatic imine (C=N–C) groups is 1. The molecule has 0 bridgehead atoms. The molecule has 0 aliphatic rings. The van der Waals surface area contributed by atoms with E-state index in [4.69, 9.17) is 17.0 Å². The van der Waals surface area contributed by atoms with Crippen molar-refractivity contribution in [3.8, 4) is 17.3 Å². The average Bonchev–Trinajstić information content (AvgIpc) is 2.80. The Labute approximate surface area is 200 Å². The number of anilines is 1. The van der Waals surface area contributed by atoms with E-state index in [-0.39, 0.29) is 22.1 Å². The first kappa shape index (κ1) is 22.9. The van der Waals surface area contributed by atoms with Gasteiger partial charge in [-0.1, -0.05) is 24.3 Å². The summed E-state index contributed by atoms with van der Waals surface area (Å²) in [4.78, 5) is 31.3. The predicted octanol–water partition coefficient (Wildman–Crippen LogP) is 4.86. The average molecular weight is 475 g/mol. The van der Waals surface area contributed by atoms with E-state index < -0.39 is 5.56 Å². The maximum absolute atomic E-state index is 12.6. The van der Waals surface area contributed by atoms with E-state index in [1.54, 1.807) is 36.4 Å². The molecule has 3 N–H and O–H groups in total. The smallest absolute Gasteiger partial charge is 0.264 e. The van der Waals surface area contributed by atoms with Crippen molar-refractivity contribution in [1.29, 1.82) is 0 Å². The molecule has 0 radical (unpaired) electrons. The van der Waals surface area contributed by atoms with Gasteiger partial charge >= 0.3 is 0 Å². The van der Waals surface area contributed by atoms with Gasteiger partial charge in [0.1, 0.15) is 11.3 Å². The second kappa shape index (κ2) is 9.72. The number of hydrogen-bond acceptors (Lipinski definition) is 6. The Morgan fingerprint density at radius 1 is 1.18 bits per heavy atom. The molecule has 0 spiro atoms. The Balaban J connectivity index is 1.81. The SMILES string of the molecule is CCOc1ccc(-n2c(O)c(C=Nc3cccc4cccc(NC(C)=O)c34)c(=O)[nH]c2=S)cc1. The molecule has 1 heterocycles. The standard InChI is InChI=1S/C25H22N4O4S/c1-3-33-18-12-10-17(11-13-18)29-24(32)19(23(31)28-25(29)34)14-26-20-8-4-6-16-7-5-9-21(22(16)20)27-15(2)30/h4-14,32H,3H2,1-2H3,(H,27,30)(H,28,31,34). The quantitative estimate of drug-likeness (QED) is 0.273. The van der Waals surface area contributed by atoms with E-state index in [9.17, 15) is 14.7 Å². The van der Waals surface area contributed by atoms with Gasteiger partial charge in [-0.3, -0.25) is 24.1 Å². The second-order valence-electron chi connectivity index (χ2n) is 7.38. The van der Waals surface area contributed by atoms with Crippen molar-refractivity contribution in [3.63, 3.8) is 0 Å². The molecule has 0 aliphatic heterocycles. The van der Waals surface area contributed by atoms with E-state index in [1.165, 1.54) is 17.7 Å². The number of amides is 1. The van der Waals surface area contributed by atoms with Crippen molar-refractivity contribution >= 4 is 46.5 Å². The topological polar surface area (TPSA) is 109 Å². The van der Waals surface area contributed by atoms with E-state index >= 15 is 0 Å². The van der Waals surface area contributed by atoms with Gasteiger partial charge in [-0.15, -0.1) is 0 Å². The van der Waals surface area contributed by atoms with Crippen molar-refractivity contribution in [1.82, 2.24) is 9.55 Å². The van der Waals surface area contributed by atoms with Crippen molar-refractivity contribution in [2.24, 2.45) is 4.99 Å². The molecule has 0 saturated carbocycles. The lowest BCUT2D eigenvalue weighted by atomic mass is 10.1. The van der Waals surface area contributed by atoms with Crippen LogP contribution in [0.1, 0.15) is 19.4 Å². The molecule has 0 unspecified atom stereocenters. The summed E-state index contributed by atoms with van der Waals surface area (Å²) in [5, 5.41) is 15.3. The van der Waals surface area contributed by atoms with Crippen LogP contribution in [-0.4, -0.2) is 33.4 Å². The summed E-state index contributed by atoms with van der Waals surface area (Å²) < 4.78 is 6.84. The number of ether oxygens (including phenoxy) is 1. The molecule has 4 aromatic rings. The molecule has 0 atom stereocenters. The predicted molar refractivity (Wildman–Crippen MR) is 136 cm³/mol. The highest BCUT2D eigenvalue weighted by molar-refractivity contribution is 7.71. The first-order chi connectivity index (χ1) is 16.4. The molecule has 0 aliphatic carbocycles. The normalized spacial score (nSPS) is 11.1. The minimum Gasteiger partial charge on any atom is -0.494 e. The number of carbonyl (C=O) groups is 1. The first-order valence-electron chi connectivity index (χ1n) is 10.5. The molecule has 3 aromatic carbocycles. The van der Waals surface area contributed by atoms with Crippen molar-refractivity contribution in [3.05, 3.63) is 81.4 Å². The summed E-state index contributed by atoms with van der Waals surface area (Å²) in [6, 6.07) is 17.9. The highest BCUT2D eigenvalue weighted by atomic mass is 32.1. The molecule has 0 fully saturated rings. The van der Waals surface area contributed by atoms with Crippen LogP contribution < -0.4 is 15.6 Å². The summed E-state index contributed by atoms with van der Waals surface area (Å²) in [5.41, 5.74) is 1.04. The number of carbonyl (C=O) groups excluding carboxylic acids is 1. The molecule has 4 rings (SSSR count). The van der Waals surface area contributed by atoms with Crippen LogP contribution >= 0.6 is 12.2 Å². The maximum atomic E-state index is 12.6. The van der Waals surface area contributed by atoms with Gasteiger partial charge < -0.3 is 15.2 Å². The maximum Gasteiger partial charge on any atom is 0.264 e. The highest BCUT2D eigenvalue weighted by Gasteiger charge is 2.14. The number of nitrogens with zero attached hydrogens (tertiary/aromatic N) is 2. The minimum absolute atomic E-state index is 0.0434. The number of rotatable bonds is 6. The number of nitrogens with one attached hydrogen (secondary N) is 2. The fourth-order valence-electron chi connectivity index (χ4n) is 3.61. The van der Waals surface area contributed by atoms with E-state index in [0.29, 0.717) is 34.8 Å². The number of hydrogen-bond donors (Lipinski definition) is 3. The van der Waals surface area contributed by atoms with Gasteiger partial charge in [0, 0.05) is 18.5 Å². The third kappa shape index (κ3) is 4.60. The van der Waals surface area contributed by atoms with E-state index in [0.717, 1.165) is 5.39 Å². The summed E-state index contributed by atoms with van der Waals surface area (Å²) >= 11 is 5.28. The van der Waals surface area contributed by atoms with Crippen LogP contribution in [0.4, 0.5) is 11.4 Å². The molecule has 0 saturated heterocycles. The van der Waals surface area contributed by atoms with Crippen molar-refractivity contribution in [2.45, 2.75) is 13.8 Å². The summed E-state index contributed by atoms with van der Waals surface area (Å²) in [7, 11) is 0. The minimum atomic E-state index is -0.573. The number of fused-ring (bicyclic) bond motifs is 1. The Bertz CT molecular complexity index is 1520. The van der Waals surface area contributed by atoms with Crippen molar-refractivity contribution in [2.75, 3.05) is 11.9 Å². The fourth-order valence-corrected chi connectivity index (χ4v) is 3.89. The van der Waals surface area contributed by atoms with Gasteiger partial charge in [0.05, 0.1) is 23.7 Å². The van der Waals surface area contributed by atoms with Crippen LogP contribution in [0.3, 0.4) is 0 Å². The lowest BCUT2D eigenvalue weighted by Gasteiger charge is -2.12. The summed E-state index contributed by atoms with van der Waals surface area (Å²) in [5.74, 6) is 0.121. The van der Waals surface area contributed by atoms with Crippen LogP contribution in [0, 0.1) is 4.77 Å². The van der Waals surface area contributed by atoms with E-state index in [2.05, 4.69) is 15.3 Å². The monoisotopic (exact) mass is 474 g/mol. The van der Waals surface area contributed by atoms with Gasteiger partial charge in [0.25, 0.3) is 5.56 Å². The van der Waals surface area contributed by atoms with Gasteiger partial charge in [-0.05, 0) is 60.9 Å². The third-order valence-corrected chi connectivity index (χ3v) is 5.34. The summed E-state index contributed by atoms with van der Waals surface area (Å²) in [6.07, 6.45) is 1.29. The molecular formula is C25H22N4O4S. The molecule has 1 aromatic heterocycles. The number of aromatic amines is 1. The Hall–Kier alpha value is -4.24.